The maximum Gasteiger partial charge on any atom is 0.287 e. The summed E-state index contributed by atoms with van der Waals surface area (Å²) in [6, 6.07) is 0.278. The van der Waals surface area contributed by atoms with Crippen molar-refractivity contribution >= 4 is 29.1 Å². The molecule has 0 bridgehead atoms. The number of rotatable bonds is 6. The highest BCUT2D eigenvalue weighted by molar-refractivity contribution is 7.99. The van der Waals surface area contributed by atoms with E-state index in [2.05, 4.69) is 24.3 Å². The summed E-state index contributed by atoms with van der Waals surface area (Å²) in [7, 11) is 1.58. The van der Waals surface area contributed by atoms with Gasteiger partial charge in [0.25, 0.3) is 5.56 Å². The lowest BCUT2D eigenvalue weighted by molar-refractivity contribution is 0.703. The van der Waals surface area contributed by atoms with Crippen molar-refractivity contribution in [2.24, 2.45) is 7.05 Å². The van der Waals surface area contributed by atoms with Crippen LogP contribution in [0.15, 0.2) is 11.0 Å². The number of thioether (sulfide) groups is 1. The van der Waals surface area contributed by atoms with E-state index in [9.17, 15) is 4.79 Å². The molecule has 1 N–H and O–H groups in total. The summed E-state index contributed by atoms with van der Waals surface area (Å²) < 4.78 is 1.23. The number of nitrogens with one attached hydrogen (secondary N) is 1. The van der Waals surface area contributed by atoms with Crippen LogP contribution in [0.5, 0.6) is 0 Å². The number of halogens is 1. The highest BCUT2D eigenvalue weighted by atomic mass is 35.5. The van der Waals surface area contributed by atoms with Gasteiger partial charge in [0.1, 0.15) is 5.02 Å². The molecule has 0 aliphatic rings. The number of hydrogen-bond acceptors (Lipinski definition) is 4. The molecule has 4 nitrogen and oxygen atoms in total. The van der Waals surface area contributed by atoms with E-state index < -0.39 is 0 Å². The zero-order valence-corrected chi connectivity index (χ0v) is 11.9. The van der Waals surface area contributed by atoms with Gasteiger partial charge in [-0.1, -0.05) is 18.5 Å². The van der Waals surface area contributed by atoms with Gasteiger partial charge in [-0.15, -0.1) is 0 Å². The minimum Gasteiger partial charge on any atom is -0.380 e. The van der Waals surface area contributed by atoms with Crippen molar-refractivity contribution < 1.29 is 0 Å². The van der Waals surface area contributed by atoms with Gasteiger partial charge in [-0.05, 0) is 24.9 Å². The van der Waals surface area contributed by atoms with Gasteiger partial charge in [-0.25, -0.2) is 4.68 Å². The van der Waals surface area contributed by atoms with E-state index in [4.69, 9.17) is 11.6 Å². The molecule has 0 fully saturated rings. The second-order valence-corrected chi connectivity index (χ2v) is 5.60. The number of nitrogens with zero attached hydrogens (tertiary/aromatic N) is 2. The van der Waals surface area contributed by atoms with E-state index in [1.54, 1.807) is 13.2 Å². The second-order valence-electron chi connectivity index (χ2n) is 3.83. The molecule has 1 unspecified atom stereocenters. The summed E-state index contributed by atoms with van der Waals surface area (Å²) in [4.78, 5) is 11.6. The Morgan fingerprint density at radius 1 is 1.65 bits per heavy atom. The molecule has 0 amide bonds. The summed E-state index contributed by atoms with van der Waals surface area (Å²) >= 11 is 7.87. The lowest BCUT2D eigenvalue weighted by Gasteiger charge is -2.15. The van der Waals surface area contributed by atoms with Crippen LogP contribution in [0.2, 0.25) is 5.02 Å². The van der Waals surface area contributed by atoms with Crippen molar-refractivity contribution in [2.45, 2.75) is 26.3 Å². The Hall–Kier alpha value is -0.680. The van der Waals surface area contributed by atoms with E-state index in [1.165, 1.54) is 4.68 Å². The Kier molecular flexibility index (Phi) is 5.85. The highest BCUT2D eigenvalue weighted by Crippen LogP contribution is 2.17. The molecule has 1 heterocycles. The highest BCUT2D eigenvalue weighted by Gasteiger charge is 2.09. The molecule has 0 aromatic carbocycles. The summed E-state index contributed by atoms with van der Waals surface area (Å²) in [5.41, 5.74) is 0.343. The Morgan fingerprint density at radius 2 is 2.35 bits per heavy atom. The molecule has 1 rings (SSSR count). The average molecular weight is 276 g/mol. The third-order valence-electron chi connectivity index (χ3n) is 2.38. The topological polar surface area (TPSA) is 46.9 Å². The number of aryl methyl sites for hydroxylation is 1. The van der Waals surface area contributed by atoms with Crippen LogP contribution in [0.4, 0.5) is 5.69 Å². The Bertz CT molecular complexity index is 422. The van der Waals surface area contributed by atoms with Gasteiger partial charge < -0.3 is 5.32 Å². The average Bonchev–Trinajstić information content (AvgIpc) is 2.30. The summed E-state index contributed by atoms with van der Waals surface area (Å²) in [5.74, 6) is 2.22. The molecule has 1 atom stereocenters. The van der Waals surface area contributed by atoms with Crippen molar-refractivity contribution in [3.63, 3.8) is 0 Å². The predicted octanol–water partition coefficient (Wildman–Crippen LogP) is 2.38. The van der Waals surface area contributed by atoms with Gasteiger partial charge in [0, 0.05) is 13.1 Å². The predicted molar refractivity (Wildman–Crippen MR) is 75.2 cm³/mol. The van der Waals surface area contributed by atoms with E-state index in [0.717, 1.165) is 17.9 Å². The first kappa shape index (κ1) is 14.4. The summed E-state index contributed by atoms with van der Waals surface area (Å²) in [6.45, 7) is 4.22. The first-order chi connectivity index (χ1) is 8.06. The van der Waals surface area contributed by atoms with Crippen LogP contribution in [0.1, 0.15) is 20.3 Å². The first-order valence-corrected chi connectivity index (χ1v) is 7.15. The Labute approximate surface area is 111 Å². The zero-order valence-electron chi connectivity index (χ0n) is 10.4. The number of aromatic nitrogens is 2. The van der Waals surface area contributed by atoms with Crippen molar-refractivity contribution in [3.05, 3.63) is 21.6 Å². The van der Waals surface area contributed by atoms with Crippen molar-refractivity contribution in [2.75, 3.05) is 16.8 Å². The van der Waals surface area contributed by atoms with Gasteiger partial charge in [-0.2, -0.15) is 16.9 Å². The SMILES string of the molecule is CCSCCC(C)Nc1cnn(C)c(=O)c1Cl. The molecule has 17 heavy (non-hydrogen) atoms. The Balaban J connectivity index is 2.63. The third kappa shape index (κ3) is 4.24. The van der Waals surface area contributed by atoms with Gasteiger partial charge in [0.15, 0.2) is 0 Å². The molecule has 0 radical (unpaired) electrons. The maximum absolute atomic E-state index is 11.6. The molecule has 0 aliphatic carbocycles. The fourth-order valence-corrected chi connectivity index (χ4v) is 2.39. The molecule has 0 aliphatic heterocycles. The molecule has 0 spiro atoms. The summed E-state index contributed by atoms with van der Waals surface area (Å²) in [5, 5.41) is 7.36. The minimum absolute atomic E-state index is 0.206. The van der Waals surface area contributed by atoms with Crippen LogP contribution in [0, 0.1) is 0 Å². The lowest BCUT2D eigenvalue weighted by Crippen LogP contribution is -2.23. The van der Waals surface area contributed by atoms with Crippen molar-refractivity contribution in [1.29, 1.82) is 0 Å². The molecular weight excluding hydrogens is 258 g/mol. The van der Waals surface area contributed by atoms with Gasteiger partial charge in [0.2, 0.25) is 0 Å². The van der Waals surface area contributed by atoms with Crippen LogP contribution in [-0.2, 0) is 7.05 Å². The molecule has 96 valence electrons. The minimum atomic E-state index is -0.271. The summed E-state index contributed by atoms with van der Waals surface area (Å²) in [6.07, 6.45) is 2.62. The van der Waals surface area contributed by atoms with Gasteiger partial charge in [0.05, 0.1) is 11.9 Å². The number of anilines is 1. The number of hydrogen-bond donors (Lipinski definition) is 1. The molecular formula is C11H18ClN3OS. The van der Waals surface area contributed by atoms with Crippen molar-refractivity contribution in [1.82, 2.24) is 9.78 Å². The maximum atomic E-state index is 11.6. The van der Waals surface area contributed by atoms with Crippen molar-refractivity contribution in [3.8, 4) is 0 Å². The fraction of sp³-hybridized carbons (Fsp3) is 0.636. The second kappa shape index (κ2) is 6.91. The van der Waals surface area contributed by atoms with E-state index >= 15 is 0 Å². The molecule has 1 aromatic rings. The lowest BCUT2D eigenvalue weighted by atomic mass is 10.2. The standard InChI is InChI=1S/C11H18ClN3OS/c1-4-17-6-5-8(2)14-9-7-13-15(3)11(16)10(9)12/h7-8,14H,4-6H2,1-3H3. The monoisotopic (exact) mass is 275 g/mol. The first-order valence-electron chi connectivity index (χ1n) is 5.62. The quantitative estimate of drug-likeness (QED) is 0.810. The van der Waals surface area contributed by atoms with Gasteiger partial charge in [-0.3, -0.25) is 4.79 Å². The van der Waals surface area contributed by atoms with E-state index in [1.807, 2.05) is 11.8 Å². The third-order valence-corrected chi connectivity index (χ3v) is 3.68. The van der Waals surface area contributed by atoms with E-state index in [0.29, 0.717) is 5.69 Å². The largest absolute Gasteiger partial charge is 0.380 e. The molecule has 0 saturated carbocycles. The van der Waals surface area contributed by atoms with Crippen LogP contribution in [0.3, 0.4) is 0 Å². The van der Waals surface area contributed by atoms with Crippen LogP contribution in [0.25, 0.3) is 0 Å². The molecule has 1 aromatic heterocycles. The molecule has 6 heteroatoms. The van der Waals surface area contributed by atoms with Crippen LogP contribution < -0.4 is 10.9 Å². The Morgan fingerprint density at radius 3 is 3.00 bits per heavy atom. The molecule has 0 saturated heterocycles. The normalized spacial score (nSPS) is 12.5. The fourth-order valence-electron chi connectivity index (χ4n) is 1.35. The zero-order chi connectivity index (χ0) is 12.8. The van der Waals surface area contributed by atoms with E-state index in [-0.39, 0.29) is 16.6 Å². The van der Waals surface area contributed by atoms with Crippen LogP contribution in [-0.4, -0.2) is 27.3 Å². The smallest absolute Gasteiger partial charge is 0.287 e. The van der Waals surface area contributed by atoms with Gasteiger partial charge >= 0.3 is 0 Å². The van der Waals surface area contributed by atoms with Crippen LogP contribution >= 0.6 is 23.4 Å².